The maximum atomic E-state index is 14.3. The number of pyridine rings is 2. The van der Waals surface area contributed by atoms with Crippen LogP contribution in [-0.2, 0) is 6.54 Å². The number of H-pyrrole nitrogens is 1. The smallest absolute Gasteiger partial charge is 0.229 e. The minimum atomic E-state index is -1.75. The first kappa shape index (κ1) is 31.9. The van der Waals surface area contributed by atoms with E-state index in [0.717, 1.165) is 52.7 Å². The third-order valence-electron chi connectivity index (χ3n) is 6.21. The van der Waals surface area contributed by atoms with Crippen LogP contribution < -0.4 is 16.4 Å². The predicted octanol–water partition coefficient (Wildman–Crippen LogP) is 7.35. The first-order valence-corrected chi connectivity index (χ1v) is 13.8. The van der Waals surface area contributed by atoms with E-state index in [1.165, 1.54) is 12.3 Å². The van der Waals surface area contributed by atoms with Crippen LogP contribution in [0.25, 0.3) is 27.9 Å². The molecule has 11 heteroatoms. The number of fused-ring (bicyclic) bond motifs is 1. The molecule has 3 heterocycles. The number of nitrogens with zero attached hydrogens (tertiary/aromatic N) is 4. The highest BCUT2D eigenvalue weighted by Crippen LogP contribution is 2.26. The van der Waals surface area contributed by atoms with Crippen LogP contribution in [0.3, 0.4) is 0 Å². The molecule has 0 aliphatic heterocycles. The Hall–Kier alpha value is -4.67. The minimum Gasteiger partial charge on any atom is -0.384 e. The molecule has 0 spiro atoms. The molecule has 3 aromatic heterocycles. The number of nitrogen functional groups attached to an aromatic ring is 1. The quantitative estimate of drug-likeness (QED) is 0.131. The number of hydrogen-bond donors (Lipinski definition) is 4. The topological polar surface area (TPSA) is 117 Å². The van der Waals surface area contributed by atoms with Gasteiger partial charge in [0.05, 0.1) is 23.8 Å². The van der Waals surface area contributed by atoms with E-state index in [0.29, 0.717) is 35.9 Å². The van der Waals surface area contributed by atoms with E-state index < -0.39 is 6.93 Å². The second-order valence-corrected chi connectivity index (χ2v) is 9.19. The lowest BCUT2D eigenvalue weighted by atomic mass is 10.0. The van der Waals surface area contributed by atoms with E-state index in [9.17, 15) is 13.2 Å². The maximum absolute atomic E-state index is 14.3. The molecule has 0 saturated heterocycles. The molecule has 4 rings (SSSR count). The Kier molecular flexibility index (Phi) is 12.6. The number of benzene rings is 1. The highest BCUT2D eigenvalue weighted by Gasteiger charge is 2.12. The fourth-order valence-electron chi connectivity index (χ4n) is 4.06. The molecule has 4 aromatic rings. The van der Waals surface area contributed by atoms with E-state index in [1.54, 1.807) is 6.20 Å². The molecule has 0 fully saturated rings. The molecule has 42 heavy (non-hydrogen) atoms. The molecule has 0 unspecified atom stereocenters. The van der Waals surface area contributed by atoms with Gasteiger partial charge in [-0.2, -0.15) is 5.10 Å². The van der Waals surface area contributed by atoms with Crippen LogP contribution in [-0.4, -0.2) is 39.9 Å². The van der Waals surface area contributed by atoms with E-state index in [-0.39, 0.29) is 5.82 Å². The standard InChI is InChI=1S/C30H35FN8.CH2F2/c1-4-7-13-33-24(6-3)19-34-27(8-5-2)25-15-23(31)18-37-29(25)35-16-20-9-11-21(12-10-20)22-14-26-28(32)38-39-30(26)36-17-22;2-1-3/h6,8-15,17-18,34H,4-5,7,16,19H2,1-3H3,(H,35,37)(H3,32,36,38,39);1H2/b24-6-,27-8+,33-13?;. The molecule has 0 bridgehead atoms. The fourth-order valence-corrected chi connectivity index (χ4v) is 4.06. The van der Waals surface area contributed by atoms with Crippen molar-refractivity contribution in [2.24, 2.45) is 4.99 Å². The van der Waals surface area contributed by atoms with E-state index >= 15 is 0 Å². The molecule has 1 aromatic carbocycles. The average Bonchev–Trinajstić information content (AvgIpc) is 3.38. The van der Waals surface area contributed by atoms with Crippen molar-refractivity contribution in [2.45, 2.75) is 46.6 Å². The molecular formula is C31H37F3N8. The van der Waals surface area contributed by atoms with Crippen molar-refractivity contribution in [1.82, 2.24) is 25.5 Å². The third kappa shape index (κ3) is 8.92. The second-order valence-electron chi connectivity index (χ2n) is 9.19. The van der Waals surface area contributed by atoms with Gasteiger partial charge in [-0.1, -0.05) is 56.7 Å². The van der Waals surface area contributed by atoms with Crippen LogP contribution in [0, 0.1) is 5.82 Å². The number of unbranched alkanes of at least 4 members (excludes halogenated alkanes) is 1. The van der Waals surface area contributed by atoms with Gasteiger partial charge in [0.25, 0.3) is 0 Å². The Labute approximate surface area is 244 Å². The second kappa shape index (κ2) is 16.6. The molecule has 0 aliphatic carbocycles. The molecule has 0 atom stereocenters. The summed E-state index contributed by atoms with van der Waals surface area (Å²) in [7, 11) is 0. The molecular weight excluding hydrogens is 541 g/mol. The zero-order chi connectivity index (χ0) is 30.3. The molecule has 0 radical (unpaired) electrons. The van der Waals surface area contributed by atoms with Gasteiger partial charge in [-0.15, -0.1) is 0 Å². The lowest BCUT2D eigenvalue weighted by molar-refractivity contribution is 0.295. The number of nitrogens with two attached hydrogens (primary N) is 1. The van der Waals surface area contributed by atoms with Gasteiger partial charge in [-0.25, -0.2) is 23.1 Å². The normalized spacial score (nSPS) is 12.0. The summed E-state index contributed by atoms with van der Waals surface area (Å²) in [6.07, 6.45) is 11.7. The summed E-state index contributed by atoms with van der Waals surface area (Å²) in [6.45, 7) is 5.45. The largest absolute Gasteiger partial charge is 0.384 e. The van der Waals surface area contributed by atoms with Crippen molar-refractivity contribution >= 4 is 34.6 Å². The van der Waals surface area contributed by atoms with Crippen LogP contribution in [0.4, 0.5) is 24.8 Å². The number of nitrogens with one attached hydrogen (secondary N) is 3. The number of hydrogen-bond acceptors (Lipinski definition) is 7. The average molecular weight is 579 g/mol. The van der Waals surface area contributed by atoms with Gasteiger partial charge in [0, 0.05) is 35.8 Å². The minimum absolute atomic E-state index is 0.389. The lowest BCUT2D eigenvalue weighted by Gasteiger charge is -2.16. The van der Waals surface area contributed by atoms with Gasteiger partial charge in [0.2, 0.25) is 6.93 Å². The van der Waals surface area contributed by atoms with Crippen molar-refractivity contribution in [1.29, 1.82) is 0 Å². The number of allylic oxidation sites excluding steroid dienone is 2. The van der Waals surface area contributed by atoms with E-state index in [1.807, 2.05) is 62.5 Å². The van der Waals surface area contributed by atoms with Gasteiger partial charge in [-0.05, 0) is 43.0 Å². The summed E-state index contributed by atoms with van der Waals surface area (Å²) in [5.74, 6) is 0.717. The Morgan fingerprint density at radius 3 is 2.52 bits per heavy atom. The Bertz CT molecular complexity index is 1510. The van der Waals surface area contributed by atoms with E-state index in [4.69, 9.17) is 5.73 Å². The van der Waals surface area contributed by atoms with Crippen molar-refractivity contribution in [3.05, 3.63) is 83.6 Å². The third-order valence-corrected chi connectivity index (χ3v) is 6.21. The SMILES string of the molecule is C/C=C(/CN/C(=C/CC)c1cc(F)cnc1NCc1ccc(-c2cnc3n[nH]c(N)c3c2)cc1)N=CCCC.FCF. The summed E-state index contributed by atoms with van der Waals surface area (Å²) in [6, 6.07) is 11.6. The van der Waals surface area contributed by atoms with Gasteiger partial charge in [0.15, 0.2) is 5.65 Å². The van der Waals surface area contributed by atoms with Crippen LogP contribution in [0.15, 0.2) is 71.6 Å². The monoisotopic (exact) mass is 578 g/mol. The molecule has 0 aliphatic rings. The van der Waals surface area contributed by atoms with Crippen LogP contribution in [0.1, 0.15) is 51.2 Å². The summed E-state index contributed by atoms with van der Waals surface area (Å²) < 4.78 is 33.5. The zero-order valence-electron chi connectivity index (χ0n) is 24.1. The zero-order valence-corrected chi connectivity index (χ0v) is 24.1. The Morgan fingerprint density at radius 2 is 1.83 bits per heavy atom. The maximum Gasteiger partial charge on any atom is 0.229 e. The molecule has 5 N–H and O–H groups in total. The predicted molar refractivity (Wildman–Crippen MR) is 166 cm³/mol. The highest BCUT2D eigenvalue weighted by atomic mass is 19.3. The first-order chi connectivity index (χ1) is 20.4. The summed E-state index contributed by atoms with van der Waals surface area (Å²) in [5.41, 5.74) is 12.0. The first-order valence-electron chi connectivity index (χ1n) is 13.8. The number of anilines is 2. The van der Waals surface area contributed by atoms with E-state index in [2.05, 4.69) is 42.7 Å². The Balaban J connectivity index is 0.00000155. The summed E-state index contributed by atoms with van der Waals surface area (Å²) in [5, 5.41) is 14.4. The van der Waals surface area contributed by atoms with Crippen molar-refractivity contribution in [3.63, 3.8) is 0 Å². The molecule has 0 saturated carbocycles. The van der Waals surface area contributed by atoms with Crippen LogP contribution >= 0.6 is 0 Å². The van der Waals surface area contributed by atoms with Crippen molar-refractivity contribution < 1.29 is 13.2 Å². The number of alkyl halides is 2. The Morgan fingerprint density at radius 1 is 1.07 bits per heavy atom. The van der Waals surface area contributed by atoms with Gasteiger partial charge in [0.1, 0.15) is 17.5 Å². The number of rotatable bonds is 12. The van der Waals surface area contributed by atoms with Crippen LogP contribution in [0.5, 0.6) is 0 Å². The van der Waals surface area contributed by atoms with Crippen molar-refractivity contribution in [2.75, 3.05) is 24.5 Å². The highest BCUT2D eigenvalue weighted by molar-refractivity contribution is 5.89. The van der Waals surface area contributed by atoms with Crippen molar-refractivity contribution in [3.8, 4) is 11.1 Å². The number of aromatic amines is 1. The van der Waals surface area contributed by atoms with Gasteiger partial charge < -0.3 is 16.4 Å². The van der Waals surface area contributed by atoms with Gasteiger partial charge >= 0.3 is 0 Å². The van der Waals surface area contributed by atoms with Gasteiger partial charge in [-0.3, -0.25) is 10.1 Å². The molecule has 222 valence electrons. The molecule has 0 amide bonds. The fraction of sp³-hybridized carbons (Fsp3) is 0.290. The molecule has 8 nitrogen and oxygen atoms in total. The summed E-state index contributed by atoms with van der Waals surface area (Å²) in [4.78, 5) is 13.3. The number of aliphatic imine (C=N–C) groups is 1. The van der Waals surface area contributed by atoms with Crippen LogP contribution in [0.2, 0.25) is 0 Å². The number of aromatic nitrogens is 4. The summed E-state index contributed by atoms with van der Waals surface area (Å²) >= 11 is 0. The number of halogens is 3. The lowest BCUT2D eigenvalue weighted by Crippen LogP contribution is -2.17.